The van der Waals surface area contributed by atoms with Crippen LogP contribution in [0.2, 0.25) is 0 Å². The molecule has 6 nitrogen and oxygen atoms in total. The van der Waals surface area contributed by atoms with Crippen molar-refractivity contribution in [1.29, 1.82) is 0 Å². The van der Waals surface area contributed by atoms with Gasteiger partial charge in [0.05, 0.1) is 6.20 Å². The van der Waals surface area contributed by atoms with Crippen molar-refractivity contribution in [2.45, 2.75) is 32.4 Å². The van der Waals surface area contributed by atoms with Crippen LogP contribution in [0.4, 0.5) is 8.78 Å². The topological polar surface area (TPSA) is 54.3 Å². The lowest BCUT2D eigenvalue weighted by Gasteiger charge is -2.27. The van der Waals surface area contributed by atoms with Gasteiger partial charge in [-0.15, -0.1) is 0 Å². The highest BCUT2D eigenvalue weighted by Crippen LogP contribution is 2.14. The lowest BCUT2D eigenvalue weighted by atomic mass is 10.2. The van der Waals surface area contributed by atoms with Crippen LogP contribution in [0.3, 0.4) is 0 Å². The molecule has 0 aliphatic carbocycles. The predicted molar refractivity (Wildman–Crippen MR) is 92.6 cm³/mol. The van der Waals surface area contributed by atoms with Crippen molar-refractivity contribution < 1.29 is 13.6 Å². The summed E-state index contributed by atoms with van der Waals surface area (Å²) < 4.78 is 28.7. The molecule has 1 saturated heterocycles. The van der Waals surface area contributed by atoms with Crippen LogP contribution in [0.5, 0.6) is 0 Å². The van der Waals surface area contributed by atoms with Gasteiger partial charge in [-0.3, -0.25) is 14.4 Å². The molecule has 2 aromatic rings. The van der Waals surface area contributed by atoms with Crippen molar-refractivity contribution >= 4 is 5.91 Å². The van der Waals surface area contributed by atoms with Crippen LogP contribution < -0.4 is 0 Å². The third kappa shape index (κ3) is 4.43. The maximum atomic E-state index is 13.8. The first kappa shape index (κ1) is 18.4. The normalized spacial score (nSPS) is 17.1. The summed E-state index contributed by atoms with van der Waals surface area (Å²) >= 11 is 0. The van der Waals surface area contributed by atoms with Gasteiger partial charge in [-0.2, -0.15) is 5.10 Å². The molecule has 1 aliphatic rings. The molecular formula is C18H23F2N5O. The smallest absolute Gasteiger partial charge is 0.275 e. The van der Waals surface area contributed by atoms with Crippen LogP contribution in [0.15, 0.2) is 30.7 Å². The Morgan fingerprint density at radius 1 is 1.27 bits per heavy atom. The van der Waals surface area contributed by atoms with E-state index in [1.54, 1.807) is 11.1 Å². The third-order valence-corrected chi connectivity index (χ3v) is 4.79. The second kappa shape index (κ2) is 8.35. The van der Waals surface area contributed by atoms with Gasteiger partial charge < -0.3 is 4.90 Å². The second-order valence-electron chi connectivity index (χ2n) is 6.57. The fraction of sp³-hybridized carbons (Fsp3) is 0.500. The molecule has 1 fully saturated rings. The molecule has 26 heavy (non-hydrogen) atoms. The van der Waals surface area contributed by atoms with Crippen molar-refractivity contribution in [3.8, 4) is 0 Å². The summed E-state index contributed by atoms with van der Waals surface area (Å²) in [7, 11) is 0. The Morgan fingerprint density at radius 3 is 2.85 bits per heavy atom. The second-order valence-corrected chi connectivity index (χ2v) is 6.57. The number of rotatable bonds is 5. The van der Waals surface area contributed by atoms with Crippen molar-refractivity contribution in [3.63, 3.8) is 0 Å². The zero-order valence-electron chi connectivity index (χ0n) is 14.8. The van der Waals surface area contributed by atoms with Gasteiger partial charge >= 0.3 is 0 Å². The minimum atomic E-state index is -0.913. The van der Waals surface area contributed by atoms with Crippen molar-refractivity contribution in [2.24, 2.45) is 0 Å². The summed E-state index contributed by atoms with van der Waals surface area (Å²) in [6.45, 7) is 5.65. The Labute approximate surface area is 151 Å². The van der Waals surface area contributed by atoms with E-state index >= 15 is 0 Å². The molecule has 0 radical (unpaired) electrons. The van der Waals surface area contributed by atoms with Crippen LogP contribution in [0.1, 0.15) is 30.3 Å². The van der Waals surface area contributed by atoms with Gasteiger partial charge in [0.15, 0.2) is 11.5 Å². The molecule has 3 rings (SSSR count). The summed E-state index contributed by atoms with van der Waals surface area (Å²) in [5.74, 6) is -2.18. The number of carbonyl (C=O) groups is 1. The van der Waals surface area contributed by atoms with Gasteiger partial charge in [-0.25, -0.2) is 13.8 Å². The van der Waals surface area contributed by atoms with E-state index in [-0.39, 0.29) is 5.69 Å². The van der Waals surface area contributed by atoms with Gasteiger partial charge in [0.2, 0.25) is 0 Å². The lowest BCUT2D eigenvalue weighted by Crippen LogP contribution is -2.39. The third-order valence-electron chi connectivity index (χ3n) is 4.79. The van der Waals surface area contributed by atoms with Gasteiger partial charge in [0.25, 0.3) is 5.91 Å². The summed E-state index contributed by atoms with van der Waals surface area (Å²) in [5.41, 5.74) is -0.313. The summed E-state index contributed by atoms with van der Waals surface area (Å²) in [4.78, 5) is 20.1. The van der Waals surface area contributed by atoms with Gasteiger partial charge in [0.1, 0.15) is 5.82 Å². The molecule has 0 saturated carbocycles. The Hall–Kier alpha value is -2.35. The molecule has 0 N–H and O–H groups in total. The van der Waals surface area contributed by atoms with E-state index in [2.05, 4.69) is 21.9 Å². The molecule has 1 aliphatic heterocycles. The highest BCUT2D eigenvalue weighted by Gasteiger charge is 2.25. The van der Waals surface area contributed by atoms with Crippen LogP contribution in [-0.4, -0.2) is 62.7 Å². The molecule has 0 bridgehead atoms. The lowest BCUT2D eigenvalue weighted by molar-refractivity contribution is 0.0746. The quantitative estimate of drug-likeness (QED) is 0.817. The van der Waals surface area contributed by atoms with Gasteiger partial charge in [-0.05, 0) is 25.8 Å². The minimum absolute atomic E-state index is 0.313. The number of hydrogen-bond acceptors (Lipinski definition) is 4. The van der Waals surface area contributed by atoms with E-state index in [9.17, 15) is 13.6 Å². The zero-order valence-corrected chi connectivity index (χ0v) is 14.8. The molecular weight excluding hydrogens is 340 g/mol. The zero-order chi connectivity index (χ0) is 18.5. The number of halogens is 2. The predicted octanol–water partition coefficient (Wildman–Crippen LogP) is 2.18. The van der Waals surface area contributed by atoms with Crippen LogP contribution >= 0.6 is 0 Å². The van der Waals surface area contributed by atoms with Crippen molar-refractivity contribution in [3.05, 3.63) is 48.1 Å². The van der Waals surface area contributed by atoms with E-state index in [0.29, 0.717) is 25.2 Å². The molecule has 1 amide bonds. The van der Waals surface area contributed by atoms with Crippen LogP contribution in [0.25, 0.3) is 0 Å². The first-order chi connectivity index (χ1) is 12.5. The van der Waals surface area contributed by atoms with Crippen LogP contribution in [0, 0.1) is 11.6 Å². The van der Waals surface area contributed by atoms with Crippen LogP contribution in [-0.2, 0) is 6.54 Å². The molecule has 3 heterocycles. The van der Waals surface area contributed by atoms with E-state index < -0.39 is 17.5 Å². The number of aryl methyl sites for hydroxylation is 1. The monoisotopic (exact) mass is 363 g/mol. The molecule has 1 unspecified atom stereocenters. The summed E-state index contributed by atoms with van der Waals surface area (Å²) in [6, 6.07) is 2.96. The Bertz CT molecular complexity index is 737. The maximum absolute atomic E-state index is 13.8. The SMILES string of the molecule is CC(CCn1cccn1)N1CCCN(C(=O)c2ncc(F)cc2F)CC1. The fourth-order valence-corrected chi connectivity index (χ4v) is 3.24. The number of hydrogen-bond donors (Lipinski definition) is 0. The molecule has 1 atom stereocenters. The average molecular weight is 363 g/mol. The minimum Gasteiger partial charge on any atom is -0.336 e. The molecule has 0 aromatic carbocycles. The largest absolute Gasteiger partial charge is 0.336 e. The Morgan fingerprint density at radius 2 is 2.12 bits per heavy atom. The number of aromatic nitrogens is 3. The molecule has 8 heteroatoms. The fourth-order valence-electron chi connectivity index (χ4n) is 3.24. The highest BCUT2D eigenvalue weighted by atomic mass is 19.1. The first-order valence-corrected chi connectivity index (χ1v) is 8.86. The average Bonchev–Trinajstić information content (AvgIpc) is 3.01. The summed E-state index contributed by atoms with van der Waals surface area (Å²) in [6.07, 6.45) is 6.35. The van der Waals surface area contributed by atoms with E-state index in [1.807, 2.05) is 16.9 Å². The highest BCUT2D eigenvalue weighted by molar-refractivity contribution is 5.92. The van der Waals surface area contributed by atoms with E-state index in [0.717, 1.165) is 38.7 Å². The van der Waals surface area contributed by atoms with Crippen molar-refractivity contribution in [1.82, 2.24) is 24.6 Å². The first-order valence-electron chi connectivity index (χ1n) is 8.86. The number of amides is 1. The van der Waals surface area contributed by atoms with Crippen molar-refractivity contribution in [2.75, 3.05) is 26.2 Å². The van der Waals surface area contributed by atoms with Gasteiger partial charge in [-0.1, -0.05) is 0 Å². The van der Waals surface area contributed by atoms with E-state index in [4.69, 9.17) is 0 Å². The molecule has 140 valence electrons. The molecule has 2 aromatic heterocycles. The number of nitrogens with zero attached hydrogens (tertiary/aromatic N) is 5. The standard InChI is InChI=1S/C18H23F2N5O/c1-14(4-9-25-8-2-5-22-25)23-6-3-7-24(11-10-23)18(26)17-16(20)12-15(19)13-21-17/h2,5,8,12-14H,3-4,6-7,9-11H2,1H3. The number of carbonyl (C=O) groups excluding carboxylic acids is 1. The number of pyridine rings is 1. The Kier molecular flexibility index (Phi) is 5.92. The molecule has 0 spiro atoms. The Balaban J connectivity index is 1.56. The van der Waals surface area contributed by atoms with Gasteiger partial charge in [0, 0.05) is 57.2 Å². The maximum Gasteiger partial charge on any atom is 0.275 e. The summed E-state index contributed by atoms with van der Waals surface area (Å²) in [5, 5.41) is 4.21. The van der Waals surface area contributed by atoms with E-state index in [1.165, 1.54) is 0 Å².